The van der Waals surface area contributed by atoms with Crippen molar-refractivity contribution in [2.75, 3.05) is 4.72 Å². The van der Waals surface area contributed by atoms with Gasteiger partial charge in [0, 0.05) is 11.3 Å². The summed E-state index contributed by atoms with van der Waals surface area (Å²) in [5, 5.41) is 3.60. The summed E-state index contributed by atoms with van der Waals surface area (Å²) in [6, 6.07) is 5.90. The fourth-order valence-electron chi connectivity index (χ4n) is 1.80. The van der Waals surface area contributed by atoms with Crippen LogP contribution in [0.25, 0.3) is 0 Å². The van der Waals surface area contributed by atoms with Crippen LogP contribution in [0, 0.1) is 13.8 Å². The van der Waals surface area contributed by atoms with Crippen LogP contribution in [0.5, 0.6) is 0 Å². The van der Waals surface area contributed by atoms with Crippen LogP contribution >= 0.6 is 0 Å². The minimum atomic E-state index is -3.83. The van der Waals surface area contributed by atoms with Crippen LogP contribution in [0.4, 0.5) is 5.69 Å². The van der Waals surface area contributed by atoms with E-state index in [1.54, 1.807) is 0 Å². The first kappa shape index (κ1) is 14.1. The highest BCUT2D eigenvalue weighted by molar-refractivity contribution is 7.92. The smallest absolute Gasteiger partial charge is 0.267 e. The molecule has 2 rings (SSSR count). The number of amides is 1. The molecule has 1 amide bonds. The number of rotatable bonds is 4. The Morgan fingerprint density at radius 2 is 2.05 bits per heavy atom. The average Bonchev–Trinajstić information content (AvgIpc) is 2.69. The van der Waals surface area contributed by atoms with Gasteiger partial charge in [0.2, 0.25) is 5.91 Å². The third-order valence-electron chi connectivity index (χ3n) is 2.64. The molecule has 0 aliphatic carbocycles. The molecule has 2 aromatic rings. The number of carbonyl (C=O) groups excluding carboxylic acids is 1. The number of benzene rings is 1. The van der Waals surface area contributed by atoms with Crippen molar-refractivity contribution >= 4 is 21.6 Å². The van der Waals surface area contributed by atoms with Gasteiger partial charge in [-0.1, -0.05) is 11.2 Å². The van der Waals surface area contributed by atoms with Gasteiger partial charge in [0.05, 0.1) is 0 Å². The van der Waals surface area contributed by atoms with Gasteiger partial charge in [0.25, 0.3) is 10.0 Å². The molecule has 8 heteroatoms. The number of carbonyl (C=O) groups is 1. The Bertz CT molecular complexity index is 745. The van der Waals surface area contributed by atoms with E-state index in [1.807, 2.05) is 0 Å². The Morgan fingerprint density at radius 3 is 2.60 bits per heavy atom. The summed E-state index contributed by atoms with van der Waals surface area (Å²) in [7, 11) is -3.83. The molecule has 0 unspecified atom stereocenters. The second kappa shape index (κ2) is 4.97. The van der Waals surface area contributed by atoms with Crippen molar-refractivity contribution in [1.82, 2.24) is 5.16 Å². The molecule has 0 saturated carbocycles. The van der Waals surface area contributed by atoms with Gasteiger partial charge in [-0.05, 0) is 32.0 Å². The van der Waals surface area contributed by atoms with Crippen molar-refractivity contribution < 1.29 is 17.7 Å². The Morgan fingerprint density at radius 1 is 1.35 bits per heavy atom. The standard InChI is InChI=1S/C12H13N3O4S/c1-7-11(8(2)19-14-7)20(17,18)15-10-5-3-4-9(6-10)12(13)16/h3-6,15H,1-2H3,(H2,13,16). The molecule has 0 radical (unpaired) electrons. The predicted molar refractivity (Wildman–Crippen MR) is 71.7 cm³/mol. The van der Waals surface area contributed by atoms with Crippen molar-refractivity contribution in [3.05, 3.63) is 41.3 Å². The average molecular weight is 295 g/mol. The fraction of sp³-hybridized carbons (Fsp3) is 0.167. The molecule has 1 aromatic carbocycles. The largest absolute Gasteiger partial charge is 0.366 e. The molecule has 1 aromatic heterocycles. The van der Waals surface area contributed by atoms with Crippen LogP contribution in [0.3, 0.4) is 0 Å². The van der Waals surface area contributed by atoms with E-state index >= 15 is 0 Å². The fourth-order valence-corrected chi connectivity index (χ4v) is 3.18. The van der Waals surface area contributed by atoms with Gasteiger partial charge >= 0.3 is 0 Å². The van der Waals surface area contributed by atoms with Crippen molar-refractivity contribution in [2.24, 2.45) is 5.73 Å². The van der Waals surface area contributed by atoms with Crippen LogP contribution < -0.4 is 10.5 Å². The lowest BCUT2D eigenvalue weighted by atomic mass is 10.2. The zero-order chi connectivity index (χ0) is 14.9. The van der Waals surface area contributed by atoms with E-state index < -0.39 is 15.9 Å². The van der Waals surface area contributed by atoms with E-state index in [2.05, 4.69) is 9.88 Å². The van der Waals surface area contributed by atoms with Gasteiger partial charge in [-0.2, -0.15) is 0 Å². The lowest BCUT2D eigenvalue weighted by molar-refractivity contribution is 0.100. The van der Waals surface area contributed by atoms with Crippen molar-refractivity contribution in [3.8, 4) is 0 Å². The molecule has 0 bridgehead atoms. The summed E-state index contributed by atoms with van der Waals surface area (Å²) >= 11 is 0. The molecular weight excluding hydrogens is 282 g/mol. The zero-order valence-electron chi connectivity index (χ0n) is 10.9. The Labute approximate surface area is 115 Å². The van der Waals surface area contributed by atoms with Crippen LogP contribution in [0.2, 0.25) is 0 Å². The summed E-state index contributed by atoms with van der Waals surface area (Å²) in [5.74, 6) is -0.440. The summed E-state index contributed by atoms with van der Waals surface area (Å²) in [6.45, 7) is 3.04. The van der Waals surface area contributed by atoms with Gasteiger partial charge in [0.15, 0.2) is 10.7 Å². The second-order valence-corrected chi connectivity index (χ2v) is 5.82. The Kier molecular flexibility index (Phi) is 3.49. The second-order valence-electron chi connectivity index (χ2n) is 4.20. The number of nitrogens with zero attached hydrogens (tertiary/aromatic N) is 1. The maximum absolute atomic E-state index is 12.3. The minimum absolute atomic E-state index is 0.0121. The van der Waals surface area contributed by atoms with Crippen molar-refractivity contribution in [2.45, 2.75) is 18.7 Å². The number of primary amides is 1. The molecule has 20 heavy (non-hydrogen) atoms. The van der Waals surface area contributed by atoms with Crippen LogP contribution in [0.15, 0.2) is 33.7 Å². The number of aromatic nitrogens is 1. The Balaban J connectivity index is 2.39. The molecule has 0 saturated heterocycles. The summed E-state index contributed by atoms with van der Waals surface area (Å²) in [5.41, 5.74) is 5.86. The van der Waals surface area contributed by atoms with E-state index in [-0.39, 0.29) is 27.6 Å². The van der Waals surface area contributed by atoms with E-state index in [0.717, 1.165) is 0 Å². The third kappa shape index (κ3) is 2.64. The highest BCUT2D eigenvalue weighted by Gasteiger charge is 2.24. The number of anilines is 1. The maximum Gasteiger partial charge on any atom is 0.267 e. The number of sulfonamides is 1. The van der Waals surface area contributed by atoms with E-state index in [4.69, 9.17) is 10.3 Å². The lowest BCUT2D eigenvalue weighted by Crippen LogP contribution is -2.16. The van der Waals surface area contributed by atoms with Crippen LogP contribution in [0.1, 0.15) is 21.8 Å². The highest BCUT2D eigenvalue weighted by Crippen LogP contribution is 2.22. The molecular formula is C12H13N3O4S. The molecule has 1 heterocycles. The first-order valence-electron chi connectivity index (χ1n) is 5.67. The number of nitrogens with two attached hydrogens (primary N) is 1. The first-order valence-corrected chi connectivity index (χ1v) is 7.15. The molecule has 0 spiro atoms. The van der Waals surface area contributed by atoms with Crippen molar-refractivity contribution in [1.29, 1.82) is 0 Å². The van der Waals surface area contributed by atoms with Crippen LogP contribution in [-0.4, -0.2) is 19.5 Å². The quantitative estimate of drug-likeness (QED) is 0.879. The first-order chi connectivity index (χ1) is 9.31. The highest BCUT2D eigenvalue weighted by atomic mass is 32.2. The molecule has 3 N–H and O–H groups in total. The summed E-state index contributed by atoms with van der Waals surface area (Å²) < 4.78 is 31.7. The lowest BCUT2D eigenvalue weighted by Gasteiger charge is -2.08. The van der Waals surface area contributed by atoms with Gasteiger partial charge in [-0.25, -0.2) is 8.42 Å². The molecule has 0 aliphatic rings. The normalized spacial score (nSPS) is 11.3. The summed E-state index contributed by atoms with van der Waals surface area (Å²) in [6.07, 6.45) is 0. The molecule has 0 aliphatic heterocycles. The van der Waals surface area contributed by atoms with Crippen molar-refractivity contribution in [3.63, 3.8) is 0 Å². The Hall–Kier alpha value is -2.35. The maximum atomic E-state index is 12.3. The topological polar surface area (TPSA) is 115 Å². The number of aryl methyl sites for hydroxylation is 2. The van der Waals surface area contributed by atoms with Gasteiger partial charge in [-0.3, -0.25) is 9.52 Å². The van der Waals surface area contributed by atoms with Gasteiger partial charge in [-0.15, -0.1) is 0 Å². The summed E-state index contributed by atoms with van der Waals surface area (Å²) in [4.78, 5) is 11.1. The zero-order valence-corrected chi connectivity index (χ0v) is 11.7. The predicted octanol–water partition coefficient (Wildman–Crippen LogP) is 1.19. The molecule has 106 valence electrons. The SMILES string of the molecule is Cc1noc(C)c1S(=O)(=O)Nc1cccc(C(N)=O)c1. The molecule has 7 nitrogen and oxygen atoms in total. The molecule has 0 fully saturated rings. The van der Waals surface area contributed by atoms with Gasteiger partial charge in [0.1, 0.15) is 5.69 Å². The third-order valence-corrected chi connectivity index (χ3v) is 4.26. The van der Waals surface area contributed by atoms with Crippen LogP contribution in [-0.2, 0) is 10.0 Å². The minimum Gasteiger partial charge on any atom is -0.366 e. The van der Waals surface area contributed by atoms with Gasteiger partial charge < -0.3 is 10.3 Å². The van der Waals surface area contributed by atoms with E-state index in [1.165, 1.54) is 38.1 Å². The number of hydrogen-bond donors (Lipinski definition) is 2. The number of hydrogen-bond acceptors (Lipinski definition) is 5. The molecule has 0 atom stereocenters. The van der Waals surface area contributed by atoms with E-state index in [0.29, 0.717) is 0 Å². The van der Waals surface area contributed by atoms with E-state index in [9.17, 15) is 13.2 Å². The monoisotopic (exact) mass is 295 g/mol. The number of nitrogens with one attached hydrogen (secondary N) is 1.